The number of nitrogens with one attached hydrogen (secondary N) is 1. The van der Waals surface area contributed by atoms with Crippen molar-refractivity contribution in [2.24, 2.45) is 0 Å². The van der Waals surface area contributed by atoms with Crippen molar-refractivity contribution in [1.29, 1.82) is 0 Å². The van der Waals surface area contributed by atoms with Crippen molar-refractivity contribution < 1.29 is 9.53 Å². The predicted octanol–water partition coefficient (Wildman–Crippen LogP) is 3.41. The SMILES string of the molecule is CCCC(C)OC(C)C(=O)Nc1nc2ccc(N)cc2s1. The molecule has 0 saturated heterocycles. The molecular formula is C15H21N3O2S. The number of amides is 1. The zero-order chi connectivity index (χ0) is 15.4. The number of fused-ring (bicyclic) bond motifs is 1. The molecule has 0 fully saturated rings. The van der Waals surface area contributed by atoms with Crippen LogP contribution < -0.4 is 11.1 Å². The summed E-state index contributed by atoms with van der Waals surface area (Å²) in [6.07, 6.45) is 1.56. The minimum absolute atomic E-state index is 0.0749. The molecule has 1 amide bonds. The molecule has 6 heteroatoms. The number of rotatable bonds is 6. The lowest BCUT2D eigenvalue weighted by Crippen LogP contribution is -2.30. The van der Waals surface area contributed by atoms with Crippen LogP contribution in [-0.2, 0) is 9.53 Å². The summed E-state index contributed by atoms with van der Waals surface area (Å²) in [5, 5.41) is 3.37. The van der Waals surface area contributed by atoms with Crippen LogP contribution in [-0.4, -0.2) is 23.1 Å². The zero-order valence-corrected chi connectivity index (χ0v) is 13.4. The Labute approximate surface area is 128 Å². The zero-order valence-electron chi connectivity index (χ0n) is 12.6. The number of aromatic nitrogens is 1. The summed E-state index contributed by atoms with van der Waals surface area (Å²) < 4.78 is 6.62. The van der Waals surface area contributed by atoms with Crippen molar-refractivity contribution in [2.45, 2.75) is 45.8 Å². The van der Waals surface area contributed by atoms with Crippen LogP contribution >= 0.6 is 11.3 Å². The third-order valence-corrected chi connectivity index (χ3v) is 4.08. The van der Waals surface area contributed by atoms with Crippen molar-refractivity contribution in [3.8, 4) is 0 Å². The number of anilines is 2. The standard InChI is InChI=1S/C15H21N3O2S/c1-4-5-9(2)20-10(3)14(19)18-15-17-12-7-6-11(16)8-13(12)21-15/h6-10H,4-5,16H2,1-3H3,(H,17,18,19). The van der Waals surface area contributed by atoms with Crippen molar-refractivity contribution in [3.05, 3.63) is 18.2 Å². The molecule has 2 unspecified atom stereocenters. The molecule has 21 heavy (non-hydrogen) atoms. The molecule has 2 atom stereocenters. The van der Waals surface area contributed by atoms with E-state index < -0.39 is 6.10 Å². The van der Waals surface area contributed by atoms with Crippen LogP contribution in [0, 0.1) is 0 Å². The van der Waals surface area contributed by atoms with Gasteiger partial charge in [-0.05, 0) is 38.5 Å². The van der Waals surface area contributed by atoms with Gasteiger partial charge in [0.1, 0.15) is 6.10 Å². The molecule has 0 radical (unpaired) electrons. The van der Waals surface area contributed by atoms with E-state index in [0.717, 1.165) is 23.1 Å². The molecule has 0 aliphatic rings. The first-order valence-electron chi connectivity index (χ1n) is 7.12. The molecular weight excluding hydrogens is 286 g/mol. The van der Waals surface area contributed by atoms with E-state index in [9.17, 15) is 4.79 Å². The maximum Gasteiger partial charge on any atom is 0.255 e. The van der Waals surface area contributed by atoms with Crippen molar-refractivity contribution >= 4 is 38.3 Å². The van der Waals surface area contributed by atoms with Crippen LogP contribution in [0.15, 0.2) is 18.2 Å². The number of carbonyl (C=O) groups is 1. The number of nitrogens with two attached hydrogens (primary N) is 1. The van der Waals surface area contributed by atoms with Gasteiger partial charge in [-0.2, -0.15) is 0 Å². The highest BCUT2D eigenvalue weighted by atomic mass is 32.1. The highest BCUT2D eigenvalue weighted by Gasteiger charge is 2.18. The Morgan fingerprint density at radius 2 is 2.24 bits per heavy atom. The van der Waals surface area contributed by atoms with Gasteiger partial charge in [0.25, 0.3) is 5.91 Å². The fourth-order valence-electron chi connectivity index (χ4n) is 2.09. The third kappa shape index (κ3) is 4.15. The molecule has 114 valence electrons. The third-order valence-electron chi connectivity index (χ3n) is 3.14. The number of carbonyl (C=O) groups excluding carboxylic acids is 1. The highest BCUT2D eigenvalue weighted by molar-refractivity contribution is 7.22. The summed E-state index contributed by atoms with van der Waals surface area (Å²) in [6.45, 7) is 5.83. The Morgan fingerprint density at radius 3 is 2.95 bits per heavy atom. The van der Waals surface area contributed by atoms with Gasteiger partial charge in [0, 0.05) is 5.69 Å². The van der Waals surface area contributed by atoms with Gasteiger partial charge in [-0.1, -0.05) is 24.7 Å². The van der Waals surface area contributed by atoms with Gasteiger partial charge < -0.3 is 10.5 Å². The van der Waals surface area contributed by atoms with Gasteiger partial charge in [-0.25, -0.2) is 4.98 Å². The Balaban J connectivity index is 2.00. The summed E-state index contributed by atoms with van der Waals surface area (Å²) in [4.78, 5) is 16.5. The molecule has 5 nitrogen and oxygen atoms in total. The monoisotopic (exact) mass is 307 g/mol. The maximum absolute atomic E-state index is 12.1. The summed E-state index contributed by atoms with van der Waals surface area (Å²) in [6, 6.07) is 5.50. The first kappa shape index (κ1) is 15.7. The van der Waals surface area contributed by atoms with E-state index in [2.05, 4.69) is 17.2 Å². The number of hydrogen-bond donors (Lipinski definition) is 2. The number of benzene rings is 1. The quantitative estimate of drug-likeness (QED) is 0.802. The fraction of sp³-hybridized carbons (Fsp3) is 0.467. The molecule has 0 bridgehead atoms. The van der Waals surface area contributed by atoms with Crippen molar-refractivity contribution in [2.75, 3.05) is 11.1 Å². The van der Waals surface area contributed by atoms with Crippen molar-refractivity contribution in [1.82, 2.24) is 4.98 Å². The van der Waals surface area contributed by atoms with Crippen LogP contribution in [0.4, 0.5) is 10.8 Å². The van der Waals surface area contributed by atoms with Crippen molar-refractivity contribution in [3.63, 3.8) is 0 Å². The van der Waals surface area contributed by atoms with E-state index in [4.69, 9.17) is 10.5 Å². The average Bonchev–Trinajstić information content (AvgIpc) is 2.80. The molecule has 1 aromatic carbocycles. The number of ether oxygens (including phenoxy) is 1. The maximum atomic E-state index is 12.1. The molecule has 2 rings (SSSR count). The minimum Gasteiger partial charge on any atom is -0.399 e. The number of hydrogen-bond acceptors (Lipinski definition) is 5. The predicted molar refractivity (Wildman–Crippen MR) is 87.6 cm³/mol. The molecule has 2 aromatic rings. The van der Waals surface area contributed by atoms with E-state index in [-0.39, 0.29) is 12.0 Å². The molecule has 0 saturated carbocycles. The lowest BCUT2D eigenvalue weighted by molar-refractivity contribution is -0.129. The van der Waals surface area contributed by atoms with Crippen LogP contribution in [0.2, 0.25) is 0 Å². The smallest absolute Gasteiger partial charge is 0.255 e. The molecule has 1 aromatic heterocycles. The van der Waals surface area contributed by atoms with Gasteiger partial charge in [0.15, 0.2) is 5.13 Å². The van der Waals surface area contributed by atoms with Crippen LogP contribution in [0.1, 0.15) is 33.6 Å². The lowest BCUT2D eigenvalue weighted by atomic mass is 10.2. The Hall–Kier alpha value is -1.66. The van der Waals surface area contributed by atoms with Crippen LogP contribution in [0.3, 0.4) is 0 Å². The molecule has 0 aliphatic carbocycles. The van der Waals surface area contributed by atoms with Gasteiger partial charge >= 0.3 is 0 Å². The van der Waals surface area contributed by atoms with E-state index in [1.54, 1.807) is 13.0 Å². The normalized spacial score (nSPS) is 14.0. The minimum atomic E-state index is -0.497. The largest absolute Gasteiger partial charge is 0.399 e. The highest BCUT2D eigenvalue weighted by Crippen LogP contribution is 2.27. The topological polar surface area (TPSA) is 77.2 Å². The number of nitrogens with zero attached hydrogens (tertiary/aromatic N) is 1. The van der Waals surface area contributed by atoms with Crippen LogP contribution in [0.5, 0.6) is 0 Å². The fourth-order valence-corrected chi connectivity index (χ4v) is 3.00. The van der Waals surface area contributed by atoms with E-state index >= 15 is 0 Å². The van der Waals surface area contributed by atoms with E-state index in [0.29, 0.717) is 10.8 Å². The second kappa shape index (κ2) is 6.87. The molecule has 1 heterocycles. The lowest BCUT2D eigenvalue weighted by Gasteiger charge is -2.17. The van der Waals surface area contributed by atoms with Gasteiger partial charge in [0.05, 0.1) is 16.3 Å². The summed E-state index contributed by atoms with van der Waals surface area (Å²) in [5.41, 5.74) is 7.26. The Bertz CT molecular complexity index is 626. The molecule has 3 N–H and O–H groups in total. The van der Waals surface area contributed by atoms with Gasteiger partial charge in [-0.15, -0.1) is 0 Å². The first-order valence-corrected chi connectivity index (χ1v) is 7.93. The van der Waals surface area contributed by atoms with E-state index in [1.165, 1.54) is 11.3 Å². The van der Waals surface area contributed by atoms with Gasteiger partial charge in [-0.3, -0.25) is 10.1 Å². The molecule has 0 spiro atoms. The second-order valence-electron chi connectivity index (χ2n) is 5.11. The Kier molecular flexibility index (Phi) is 5.14. The van der Waals surface area contributed by atoms with Gasteiger partial charge in [0.2, 0.25) is 0 Å². The van der Waals surface area contributed by atoms with Crippen LogP contribution in [0.25, 0.3) is 10.2 Å². The average molecular weight is 307 g/mol. The second-order valence-corrected chi connectivity index (χ2v) is 6.14. The summed E-state index contributed by atoms with van der Waals surface area (Å²) in [5.74, 6) is -0.176. The first-order chi connectivity index (χ1) is 9.99. The summed E-state index contributed by atoms with van der Waals surface area (Å²) >= 11 is 1.41. The number of nitrogen functional groups attached to an aromatic ring is 1. The van der Waals surface area contributed by atoms with E-state index in [1.807, 2.05) is 19.1 Å². The molecule has 0 aliphatic heterocycles. The number of thiazole rings is 1. The summed E-state index contributed by atoms with van der Waals surface area (Å²) in [7, 11) is 0. The Morgan fingerprint density at radius 1 is 1.48 bits per heavy atom.